The number of nitrogens with zero attached hydrogens (tertiary/aromatic N) is 1. The molecule has 1 aliphatic heterocycles. The lowest BCUT2D eigenvalue weighted by Gasteiger charge is -2.17. The van der Waals surface area contributed by atoms with Gasteiger partial charge < -0.3 is 10.2 Å². The second-order valence-electron chi connectivity index (χ2n) is 6.19. The van der Waals surface area contributed by atoms with Crippen molar-refractivity contribution in [3.63, 3.8) is 0 Å². The van der Waals surface area contributed by atoms with Gasteiger partial charge in [-0.3, -0.25) is 9.59 Å². The Labute approximate surface area is 146 Å². The van der Waals surface area contributed by atoms with Crippen molar-refractivity contribution in [1.82, 2.24) is 0 Å². The summed E-state index contributed by atoms with van der Waals surface area (Å²) in [6.45, 7) is 4.29. The maximum Gasteiger partial charge on any atom is 0.229 e. The first-order valence-electron chi connectivity index (χ1n) is 7.88. The first-order chi connectivity index (χ1) is 11.4. The van der Waals surface area contributed by atoms with Crippen LogP contribution >= 0.6 is 11.6 Å². The molecule has 5 heteroatoms. The van der Waals surface area contributed by atoms with Crippen LogP contribution < -0.4 is 10.2 Å². The highest BCUT2D eigenvalue weighted by Gasteiger charge is 2.35. The van der Waals surface area contributed by atoms with Crippen molar-refractivity contribution in [2.24, 2.45) is 5.92 Å². The SMILES string of the molecule is Cc1ccc(N2C[C@@H](C(=O)Nc3ccc(Cl)cc3C)CC2=O)cc1. The second kappa shape index (κ2) is 6.65. The summed E-state index contributed by atoms with van der Waals surface area (Å²) in [6.07, 6.45) is 0.229. The van der Waals surface area contributed by atoms with Gasteiger partial charge in [-0.2, -0.15) is 0 Å². The molecule has 0 radical (unpaired) electrons. The number of hydrogen-bond acceptors (Lipinski definition) is 2. The van der Waals surface area contributed by atoms with E-state index < -0.39 is 0 Å². The molecule has 0 unspecified atom stereocenters. The summed E-state index contributed by atoms with van der Waals surface area (Å²) in [7, 11) is 0. The van der Waals surface area contributed by atoms with Crippen LogP contribution in [0.1, 0.15) is 17.5 Å². The van der Waals surface area contributed by atoms with Gasteiger partial charge >= 0.3 is 0 Å². The Morgan fingerprint density at radius 2 is 1.88 bits per heavy atom. The molecule has 3 rings (SSSR count). The van der Waals surface area contributed by atoms with E-state index in [4.69, 9.17) is 11.6 Å². The van der Waals surface area contributed by atoms with Crippen LogP contribution in [0.25, 0.3) is 0 Å². The summed E-state index contributed by atoms with van der Waals surface area (Å²) in [4.78, 5) is 26.5. The topological polar surface area (TPSA) is 49.4 Å². The lowest BCUT2D eigenvalue weighted by Crippen LogP contribution is -2.28. The fourth-order valence-corrected chi connectivity index (χ4v) is 3.09. The minimum absolute atomic E-state index is 0.0215. The van der Waals surface area contributed by atoms with E-state index >= 15 is 0 Å². The maximum atomic E-state index is 12.5. The average Bonchev–Trinajstić information content (AvgIpc) is 2.93. The summed E-state index contributed by atoms with van der Waals surface area (Å²) in [6, 6.07) is 13.1. The van der Waals surface area contributed by atoms with E-state index in [-0.39, 0.29) is 24.2 Å². The molecule has 1 aliphatic rings. The summed E-state index contributed by atoms with van der Waals surface area (Å²) < 4.78 is 0. The van der Waals surface area contributed by atoms with Gasteiger partial charge in [0, 0.05) is 29.4 Å². The molecule has 0 bridgehead atoms. The van der Waals surface area contributed by atoms with Crippen molar-refractivity contribution in [2.75, 3.05) is 16.8 Å². The number of halogens is 1. The molecule has 2 aromatic carbocycles. The molecule has 0 saturated carbocycles. The molecule has 1 saturated heterocycles. The standard InChI is InChI=1S/C19H19ClN2O2/c1-12-3-6-16(7-4-12)22-11-14(10-18(22)23)19(24)21-17-8-5-15(20)9-13(17)2/h3-9,14H,10-11H2,1-2H3,(H,21,24)/t14-/m0/s1. The molecule has 1 N–H and O–H groups in total. The van der Waals surface area contributed by atoms with Gasteiger partial charge in [0.2, 0.25) is 11.8 Å². The Bertz CT molecular complexity index is 786. The van der Waals surface area contributed by atoms with Crippen LogP contribution in [0, 0.1) is 19.8 Å². The van der Waals surface area contributed by atoms with E-state index in [1.54, 1.807) is 23.1 Å². The molecule has 124 valence electrons. The Hall–Kier alpha value is -2.33. The van der Waals surface area contributed by atoms with E-state index in [9.17, 15) is 9.59 Å². The Morgan fingerprint density at radius 3 is 2.54 bits per heavy atom. The highest BCUT2D eigenvalue weighted by molar-refractivity contribution is 6.30. The third-order valence-corrected chi connectivity index (χ3v) is 4.52. The van der Waals surface area contributed by atoms with Gasteiger partial charge in [-0.05, 0) is 49.7 Å². The molecule has 0 aromatic heterocycles. The van der Waals surface area contributed by atoms with Crippen LogP contribution in [0.5, 0.6) is 0 Å². The second-order valence-corrected chi connectivity index (χ2v) is 6.63. The molecule has 0 aliphatic carbocycles. The van der Waals surface area contributed by atoms with E-state index in [2.05, 4.69) is 5.32 Å². The number of rotatable bonds is 3. The first kappa shape index (κ1) is 16.5. The largest absolute Gasteiger partial charge is 0.326 e. The summed E-state index contributed by atoms with van der Waals surface area (Å²) in [5.41, 5.74) is 3.60. The van der Waals surface area contributed by atoms with Crippen LogP contribution in [-0.4, -0.2) is 18.4 Å². The number of carbonyl (C=O) groups is 2. The number of benzene rings is 2. The molecule has 24 heavy (non-hydrogen) atoms. The van der Waals surface area contributed by atoms with Gasteiger partial charge in [-0.1, -0.05) is 29.3 Å². The zero-order valence-electron chi connectivity index (χ0n) is 13.7. The Morgan fingerprint density at radius 1 is 1.17 bits per heavy atom. The highest BCUT2D eigenvalue weighted by atomic mass is 35.5. The van der Waals surface area contributed by atoms with Crippen LogP contribution in [0.2, 0.25) is 5.02 Å². The first-order valence-corrected chi connectivity index (χ1v) is 8.26. The molecule has 1 heterocycles. The van der Waals surface area contributed by atoms with Gasteiger partial charge in [0.1, 0.15) is 0 Å². The normalized spacial score (nSPS) is 17.2. The van der Waals surface area contributed by atoms with E-state index in [0.29, 0.717) is 11.6 Å². The molecule has 1 fully saturated rings. The molecule has 4 nitrogen and oxygen atoms in total. The van der Waals surface area contributed by atoms with Crippen molar-refractivity contribution < 1.29 is 9.59 Å². The van der Waals surface area contributed by atoms with Crippen LogP contribution in [0.3, 0.4) is 0 Å². The summed E-state index contributed by atoms with van der Waals surface area (Å²) in [5, 5.41) is 3.54. The van der Waals surface area contributed by atoms with Gasteiger partial charge in [-0.15, -0.1) is 0 Å². The number of anilines is 2. The molecular weight excluding hydrogens is 324 g/mol. The Kier molecular flexibility index (Phi) is 4.58. The number of carbonyl (C=O) groups excluding carboxylic acids is 2. The quantitative estimate of drug-likeness (QED) is 0.918. The smallest absolute Gasteiger partial charge is 0.229 e. The van der Waals surface area contributed by atoms with Crippen LogP contribution in [-0.2, 0) is 9.59 Å². The van der Waals surface area contributed by atoms with Crippen LogP contribution in [0.4, 0.5) is 11.4 Å². The predicted molar refractivity (Wildman–Crippen MR) is 96.5 cm³/mol. The van der Waals surface area contributed by atoms with Crippen molar-refractivity contribution >= 4 is 34.8 Å². The fraction of sp³-hybridized carbons (Fsp3) is 0.263. The van der Waals surface area contributed by atoms with E-state index in [0.717, 1.165) is 22.5 Å². The molecule has 2 aromatic rings. The molecular formula is C19H19ClN2O2. The van der Waals surface area contributed by atoms with Gasteiger partial charge in [-0.25, -0.2) is 0 Å². The van der Waals surface area contributed by atoms with Crippen molar-refractivity contribution in [3.05, 3.63) is 58.6 Å². The fourth-order valence-electron chi connectivity index (χ4n) is 2.86. The average molecular weight is 343 g/mol. The van der Waals surface area contributed by atoms with Crippen molar-refractivity contribution in [3.8, 4) is 0 Å². The molecule has 1 atom stereocenters. The zero-order valence-corrected chi connectivity index (χ0v) is 14.4. The number of aryl methyl sites for hydroxylation is 2. The third kappa shape index (κ3) is 3.44. The highest BCUT2D eigenvalue weighted by Crippen LogP contribution is 2.27. The summed E-state index contributed by atoms with van der Waals surface area (Å²) in [5.74, 6) is -0.510. The summed E-state index contributed by atoms with van der Waals surface area (Å²) >= 11 is 5.93. The maximum absolute atomic E-state index is 12.5. The van der Waals surface area contributed by atoms with Crippen molar-refractivity contribution in [2.45, 2.75) is 20.3 Å². The molecule has 2 amide bonds. The lowest BCUT2D eigenvalue weighted by atomic mass is 10.1. The lowest BCUT2D eigenvalue weighted by molar-refractivity contribution is -0.122. The monoisotopic (exact) mass is 342 g/mol. The zero-order chi connectivity index (χ0) is 17.3. The van der Waals surface area contributed by atoms with E-state index in [1.165, 1.54) is 0 Å². The van der Waals surface area contributed by atoms with Crippen molar-refractivity contribution in [1.29, 1.82) is 0 Å². The Balaban J connectivity index is 1.70. The third-order valence-electron chi connectivity index (χ3n) is 4.29. The minimum Gasteiger partial charge on any atom is -0.326 e. The van der Waals surface area contributed by atoms with Gasteiger partial charge in [0.05, 0.1) is 5.92 Å². The number of nitrogens with one attached hydrogen (secondary N) is 1. The van der Waals surface area contributed by atoms with Crippen LogP contribution in [0.15, 0.2) is 42.5 Å². The van der Waals surface area contributed by atoms with Gasteiger partial charge in [0.25, 0.3) is 0 Å². The van der Waals surface area contributed by atoms with Gasteiger partial charge in [0.15, 0.2) is 0 Å². The predicted octanol–water partition coefficient (Wildman–Crippen LogP) is 3.95. The minimum atomic E-state index is -0.353. The molecule has 0 spiro atoms. The number of amides is 2. The number of hydrogen-bond donors (Lipinski definition) is 1. The van der Waals surface area contributed by atoms with E-state index in [1.807, 2.05) is 38.1 Å².